The van der Waals surface area contributed by atoms with E-state index in [9.17, 15) is 0 Å². The van der Waals surface area contributed by atoms with Gasteiger partial charge < -0.3 is 4.57 Å². The van der Waals surface area contributed by atoms with Crippen molar-refractivity contribution < 1.29 is 0 Å². The first-order valence-corrected chi connectivity index (χ1v) is 9.04. The Balaban J connectivity index is 1.94. The normalized spacial score (nSPS) is 11.2. The van der Waals surface area contributed by atoms with Crippen molar-refractivity contribution in [2.45, 2.75) is 5.03 Å². The minimum Gasteiger partial charge on any atom is -0.331 e. The summed E-state index contributed by atoms with van der Waals surface area (Å²) in [6, 6.07) is 10.2. The summed E-state index contributed by atoms with van der Waals surface area (Å²) in [5, 5.41) is 1.82. The molecule has 0 saturated carbocycles. The number of aryl methyl sites for hydroxylation is 1. The summed E-state index contributed by atoms with van der Waals surface area (Å²) < 4.78 is 2.01. The molecule has 7 heteroatoms. The van der Waals surface area contributed by atoms with Crippen molar-refractivity contribution in [3.63, 3.8) is 0 Å². The van der Waals surface area contributed by atoms with E-state index in [-0.39, 0.29) is 0 Å². The number of benzene rings is 1. The maximum absolute atomic E-state index is 4.78. The summed E-state index contributed by atoms with van der Waals surface area (Å²) in [7, 11) is 1.99. The Labute approximate surface area is 141 Å². The van der Waals surface area contributed by atoms with Gasteiger partial charge in [0.1, 0.15) is 32.4 Å². The number of thioether (sulfide) groups is 1. The molecule has 0 aliphatic carbocycles. The summed E-state index contributed by atoms with van der Waals surface area (Å²) >= 11 is 3.16. The average Bonchev–Trinajstić information content (AvgIpc) is 3.18. The fourth-order valence-electron chi connectivity index (χ4n) is 2.47. The molecule has 0 unspecified atom stereocenters. The molecule has 0 amide bonds. The molecule has 4 aromatic rings. The molecule has 0 aliphatic rings. The smallest absolute Gasteiger partial charge is 0.148 e. The van der Waals surface area contributed by atoms with Gasteiger partial charge in [-0.3, -0.25) is 0 Å². The summed E-state index contributed by atoms with van der Waals surface area (Å²) in [5.74, 6) is 0. The second-order valence-corrected chi connectivity index (χ2v) is 6.75. The highest BCUT2D eigenvalue weighted by molar-refractivity contribution is 7.98. The monoisotopic (exact) mass is 339 g/mol. The van der Waals surface area contributed by atoms with Crippen LogP contribution in [0.2, 0.25) is 0 Å². The van der Waals surface area contributed by atoms with Gasteiger partial charge in [-0.05, 0) is 6.26 Å². The van der Waals surface area contributed by atoms with Crippen LogP contribution in [-0.4, -0.2) is 30.8 Å². The van der Waals surface area contributed by atoms with Crippen molar-refractivity contribution >= 4 is 33.4 Å². The van der Waals surface area contributed by atoms with Crippen LogP contribution in [-0.2, 0) is 7.05 Å². The van der Waals surface area contributed by atoms with E-state index in [4.69, 9.17) is 4.98 Å². The molecule has 23 heavy (non-hydrogen) atoms. The fraction of sp³-hybridized carbons (Fsp3) is 0.125. The molecule has 0 radical (unpaired) electrons. The number of imidazole rings is 1. The van der Waals surface area contributed by atoms with Crippen LogP contribution in [0.15, 0.2) is 48.0 Å². The first kappa shape index (κ1) is 14.3. The van der Waals surface area contributed by atoms with Gasteiger partial charge in [-0.1, -0.05) is 41.7 Å². The van der Waals surface area contributed by atoms with Crippen LogP contribution in [0.1, 0.15) is 0 Å². The number of hydrogen-bond donors (Lipinski definition) is 0. The predicted octanol–water partition coefficient (Wildman–Crippen LogP) is 3.88. The molecule has 5 nitrogen and oxygen atoms in total. The van der Waals surface area contributed by atoms with E-state index in [1.165, 1.54) is 0 Å². The van der Waals surface area contributed by atoms with Crippen LogP contribution in [0.4, 0.5) is 0 Å². The van der Waals surface area contributed by atoms with Crippen LogP contribution in [0, 0.1) is 0 Å². The topological polar surface area (TPSA) is 56.5 Å². The van der Waals surface area contributed by atoms with Gasteiger partial charge in [0.15, 0.2) is 0 Å². The van der Waals surface area contributed by atoms with E-state index in [1.807, 2.05) is 42.4 Å². The predicted molar refractivity (Wildman–Crippen MR) is 94.6 cm³/mol. The maximum atomic E-state index is 4.78. The Morgan fingerprint density at radius 1 is 1.09 bits per heavy atom. The van der Waals surface area contributed by atoms with Gasteiger partial charge >= 0.3 is 0 Å². The fourth-order valence-corrected chi connectivity index (χ4v) is 4.02. The summed E-state index contributed by atoms with van der Waals surface area (Å²) in [6.07, 6.45) is 5.42. The molecule has 0 bridgehead atoms. The second-order valence-electron chi connectivity index (χ2n) is 4.97. The molecule has 3 aromatic heterocycles. The van der Waals surface area contributed by atoms with Crippen molar-refractivity contribution in [1.29, 1.82) is 0 Å². The Bertz CT molecular complexity index is 975. The standard InChI is InChI=1S/C16H13N5S2/c1-21-9-19-11(10-6-4-3-5-7-10)13(21)16-20-12-14(22-2)17-8-18-15(12)23-16/h3-9H,1-2H3. The van der Waals surface area contributed by atoms with Crippen molar-refractivity contribution in [3.8, 4) is 22.0 Å². The Hall–Kier alpha value is -2.25. The van der Waals surface area contributed by atoms with Crippen LogP contribution >= 0.6 is 23.1 Å². The zero-order valence-corrected chi connectivity index (χ0v) is 14.2. The summed E-state index contributed by atoms with van der Waals surface area (Å²) in [6.45, 7) is 0. The van der Waals surface area contributed by atoms with Crippen LogP contribution in [0.3, 0.4) is 0 Å². The van der Waals surface area contributed by atoms with Crippen LogP contribution < -0.4 is 0 Å². The number of rotatable bonds is 3. The van der Waals surface area contributed by atoms with Crippen molar-refractivity contribution in [3.05, 3.63) is 43.0 Å². The highest BCUT2D eigenvalue weighted by Gasteiger charge is 2.18. The first-order valence-electron chi connectivity index (χ1n) is 7.00. The van der Waals surface area contributed by atoms with Gasteiger partial charge in [0.25, 0.3) is 0 Å². The molecule has 0 N–H and O–H groups in total. The molecule has 0 aliphatic heterocycles. The number of aromatic nitrogens is 5. The number of nitrogens with zero attached hydrogens (tertiary/aromatic N) is 5. The number of fused-ring (bicyclic) bond motifs is 1. The Kier molecular flexibility index (Phi) is 3.59. The minimum atomic E-state index is 0.861. The quantitative estimate of drug-likeness (QED) is 0.419. The number of thiazole rings is 1. The summed E-state index contributed by atoms with van der Waals surface area (Å²) in [5.41, 5.74) is 3.89. The zero-order chi connectivity index (χ0) is 15.8. The highest BCUT2D eigenvalue weighted by atomic mass is 32.2. The molecular weight excluding hydrogens is 326 g/mol. The SMILES string of the molecule is CSc1ncnc2sc(-c3c(-c4ccccc4)ncn3C)nc12. The zero-order valence-electron chi connectivity index (χ0n) is 12.6. The Morgan fingerprint density at radius 3 is 2.70 bits per heavy atom. The van der Waals surface area contributed by atoms with E-state index in [1.54, 1.807) is 29.4 Å². The maximum Gasteiger partial charge on any atom is 0.148 e. The van der Waals surface area contributed by atoms with Crippen molar-refractivity contribution in [2.24, 2.45) is 7.05 Å². The van der Waals surface area contributed by atoms with Gasteiger partial charge in [0, 0.05) is 12.6 Å². The van der Waals surface area contributed by atoms with E-state index in [0.29, 0.717) is 0 Å². The van der Waals surface area contributed by atoms with E-state index >= 15 is 0 Å². The molecule has 114 valence electrons. The molecule has 0 fully saturated rings. The van der Waals surface area contributed by atoms with Gasteiger partial charge in [-0.2, -0.15) is 0 Å². The molecule has 0 atom stereocenters. The lowest BCUT2D eigenvalue weighted by molar-refractivity contribution is 0.920. The van der Waals surface area contributed by atoms with Crippen molar-refractivity contribution in [1.82, 2.24) is 24.5 Å². The highest BCUT2D eigenvalue weighted by Crippen LogP contribution is 2.36. The van der Waals surface area contributed by atoms with Crippen molar-refractivity contribution in [2.75, 3.05) is 6.26 Å². The lowest BCUT2D eigenvalue weighted by Gasteiger charge is -2.02. The van der Waals surface area contributed by atoms with Gasteiger partial charge in [0.2, 0.25) is 0 Å². The van der Waals surface area contributed by atoms with Gasteiger partial charge in [-0.15, -0.1) is 11.8 Å². The molecule has 3 heterocycles. The van der Waals surface area contributed by atoms with E-state index < -0.39 is 0 Å². The second kappa shape index (κ2) is 5.75. The van der Waals surface area contributed by atoms with Crippen LogP contribution in [0.25, 0.3) is 32.3 Å². The first-order chi connectivity index (χ1) is 11.3. The summed E-state index contributed by atoms with van der Waals surface area (Å²) in [4.78, 5) is 18.9. The molecule has 0 spiro atoms. The lowest BCUT2D eigenvalue weighted by Crippen LogP contribution is -1.91. The molecule has 1 aromatic carbocycles. The molecular formula is C16H13N5S2. The largest absolute Gasteiger partial charge is 0.331 e. The average molecular weight is 339 g/mol. The Morgan fingerprint density at radius 2 is 1.91 bits per heavy atom. The van der Waals surface area contributed by atoms with E-state index in [0.717, 1.165) is 37.3 Å². The third-order valence-corrected chi connectivity index (χ3v) is 5.20. The van der Waals surface area contributed by atoms with E-state index in [2.05, 4.69) is 27.1 Å². The third-order valence-electron chi connectivity index (χ3n) is 3.54. The van der Waals surface area contributed by atoms with Gasteiger partial charge in [0.05, 0.1) is 12.0 Å². The third kappa shape index (κ3) is 2.42. The minimum absolute atomic E-state index is 0.861. The van der Waals surface area contributed by atoms with Crippen LogP contribution in [0.5, 0.6) is 0 Å². The number of hydrogen-bond acceptors (Lipinski definition) is 6. The molecule has 4 rings (SSSR count). The lowest BCUT2D eigenvalue weighted by atomic mass is 10.1. The van der Waals surface area contributed by atoms with Gasteiger partial charge in [-0.25, -0.2) is 19.9 Å². The molecule has 0 saturated heterocycles.